The largest absolute Gasteiger partial charge is 0.509 e. The van der Waals surface area contributed by atoms with E-state index >= 15 is 0 Å². The second-order valence-electron chi connectivity index (χ2n) is 11.7. The first-order valence-corrected chi connectivity index (χ1v) is 13.4. The molecule has 8 nitrogen and oxygen atoms in total. The number of allylic oxidation sites excluding steroid dienone is 1. The van der Waals surface area contributed by atoms with Crippen molar-refractivity contribution in [3.8, 4) is 0 Å². The molecule has 0 aromatic rings. The van der Waals surface area contributed by atoms with Crippen LogP contribution in [0.4, 0.5) is 4.79 Å². The van der Waals surface area contributed by atoms with Crippen LogP contribution >= 0.6 is 0 Å². The van der Waals surface area contributed by atoms with Gasteiger partial charge in [0.1, 0.15) is 0 Å². The van der Waals surface area contributed by atoms with Gasteiger partial charge in [0.05, 0.1) is 13.2 Å². The van der Waals surface area contributed by atoms with Gasteiger partial charge in [0.25, 0.3) is 0 Å². The number of ketones is 2. The molecule has 0 radical (unpaired) electrons. The minimum Gasteiger partial charge on any atom is -0.457 e. The minimum absolute atomic E-state index is 0.0282. The highest BCUT2D eigenvalue weighted by Gasteiger charge is 2.70. The summed E-state index contributed by atoms with van der Waals surface area (Å²) in [6.45, 7) is 5.59. The molecule has 0 bridgehead atoms. The third-order valence-electron chi connectivity index (χ3n) is 9.99. The minimum atomic E-state index is -1.54. The Morgan fingerprint density at radius 1 is 1.14 bits per heavy atom. The van der Waals surface area contributed by atoms with E-state index in [-0.39, 0.29) is 41.8 Å². The third-order valence-corrected chi connectivity index (χ3v) is 9.99. The molecule has 0 aromatic carbocycles. The molecule has 0 spiro atoms. The molecule has 4 aliphatic carbocycles. The number of hydrogen-bond donors (Lipinski definition) is 1. The summed E-state index contributed by atoms with van der Waals surface area (Å²) in [6.07, 6.45) is 5.88. The Morgan fingerprint density at radius 2 is 1.89 bits per heavy atom. The highest BCUT2D eigenvalue weighted by Crippen LogP contribution is 2.68. The normalized spacial score (nSPS) is 39.2. The van der Waals surface area contributed by atoms with Gasteiger partial charge in [0.15, 0.2) is 18.0 Å². The topological polar surface area (TPSA) is 116 Å². The highest BCUT2D eigenvalue weighted by molar-refractivity contribution is 5.93. The first-order chi connectivity index (χ1) is 17.0. The molecule has 1 N–H and O–H groups in total. The fraction of sp³-hybridized carbons (Fsp3) is 0.786. The number of aliphatic hydroxyl groups is 1. The van der Waals surface area contributed by atoms with E-state index in [4.69, 9.17) is 14.2 Å². The van der Waals surface area contributed by atoms with Gasteiger partial charge < -0.3 is 19.3 Å². The Labute approximate surface area is 213 Å². The Balaban J connectivity index is 1.65. The molecule has 4 aliphatic rings. The van der Waals surface area contributed by atoms with Crippen molar-refractivity contribution in [1.82, 2.24) is 0 Å². The summed E-state index contributed by atoms with van der Waals surface area (Å²) in [5.74, 6) is -0.628. The van der Waals surface area contributed by atoms with Crippen LogP contribution in [0.3, 0.4) is 0 Å². The zero-order valence-corrected chi connectivity index (χ0v) is 22.0. The Kier molecular flexibility index (Phi) is 7.39. The number of carbonyl (C=O) groups excluding carboxylic acids is 4. The van der Waals surface area contributed by atoms with Crippen LogP contribution in [0.15, 0.2) is 11.6 Å². The molecule has 0 aliphatic heterocycles. The summed E-state index contributed by atoms with van der Waals surface area (Å²) in [5, 5.41) is 11.6. The summed E-state index contributed by atoms with van der Waals surface area (Å²) in [7, 11) is 1.20. The number of aliphatic hydroxyl groups excluding tert-OH is 1. The van der Waals surface area contributed by atoms with E-state index in [1.165, 1.54) is 7.11 Å². The summed E-state index contributed by atoms with van der Waals surface area (Å²) in [6, 6.07) is 0. The predicted octanol–water partition coefficient (Wildman–Crippen LogP) is 4.31. The number of fused-ring (bicyclic) bond motifs is 5. The molecule has 0 heterocycles. The lowest BCUT2D eigenvalue weighted by molar-refractivity contribution is -0.188. The van der Waals surface area contributed by atoms with E-state index < -0.39 is 41.6 Å². The molecule has 7 atom stereocenters. The molecule has 3 fully saturated rings. The number of esters is 1. The lowest BCUT2D eigenvalue weighted by atomic mass is 9.45. The predicted molar refractivity (Wildman–Crippen MR) is 130 cm³/mol. The number of unbranched alkanes of at least 4 members (excludes halogenated alkanes) is 1. The molecular weight excluding hydrogens is 464 g/mol. The lowest BCUT2D eigenvalue weighted by Gasteiger charge is -2.60. The summed E-state index contributed by atoms with van der Waals surface area (Å²) < 4.78 is 15.9. The zero-order valence-electron chi connectivity index (χ0n) is 22.0. The summed E-state index contributed by atoms with van der Waals surface area (Å²) >= 11 is 0. The van der Waals surface area contributed by atoms with Crippen molar-refractivity contribution in [3.05, 3.63) is 11.6 Å². The number of hydrogen-bond acceptors (Lipinski definition) is 8. The summed E-state index contributed by atoms with van der Waals surface area (Å²) in [4.78, 5) is 50.4. The number of ether oxygens (including phenoxy) is 3. The molecular formula is C28H40O8. The molecule has 0 saturated heterocycles. The van der Waals surface area contributed by atoms with E-state index in [1.54, 1.807) is 6.08 Å². The van der Waals surface area contributed by atoms with Crippen LogP contribution in [0.5, 0.6) is 0 Å². The van der Waals surface area contributed by atoms with Gasteiger partial charge in [0, 0.05) is 18.3 Å². The van der Waals surface area contributed by atoms with E-state index in [0.717, 1.165) is 31.3 Å². The van der Waals surface area contributed by atoms with Crippen molar-refractivity contribution in [2.24, 2.45) is 28.6 Å². The second-order valence-corrected chi connectivity index (χ2v) is 11.7. The van der Waals surface area contributed by atoms with Gasteiger partial charge in [-0.25, -0.2) is 4.79 Å². The SMILES string of the molecule is CCCCC(=O)OCC(=O)[C@@]1(OC(=O)OC)CC[C@H]2[C@@H]3CCC4=CC(=O)CC[C@]4(C)[C@H]3[C@@H](O)C[C@@]21C. The number of carbonyl (C=O) groups is 4. The monoisotopic (exact) mass is 504 g/mol. The van der Waals surface area contributed by atoms with E-state index in [0.29, 0.717) is 25.7 Å². The molecule has 200 valence electrons. The van der Waals surface area contributed by atoms with E-state index in [9.17, 15) is 24.3 Å². The first kappa shape index (κ1) is 26.8. The molecule has 0 aromatic heterocycles. The molecule has 0 unspecified atom stereocenters. The number of Topliss-reactive ketones (excluding diaryl/α,β-unsaturated/α-hetero) is 1. The molecule has 36 heavy (non-hydrogen) atoms. The van der Waals surface area contributed by atoms with Crippen molar-refractivity contribution in [2.45, 2.75) is 96.7 Å². The third kappa shape index (κ3) is 4.19. The van der Waals surface area contributed by atoms with Gasteiger partial charge in [-0.1, -0.05) is 32.8 Å². The van der Waals surface area contributed by atoms with Crippen LogP contribution in [-0.4, -0.2) is 54.2 Å². The average molecular weight is 505 g/mol. The molecule has 8 heteroatoms. The standard InChI is InChI=1S/C28H40O8/c1-5-6-7-23(32)35-16-22(31)28(36-25(33)34-4)13-11-20-19-9-8-17-14-18(29)10-12-26(17,2)24(19)21(30)15-27(20,28)3/h14,19-21,24,30H,5-13,15-16H2,1-4H3/t19-,20-,21-,24+,26-,27-,28-/m0/s1. The Bertz CT molecular complexity index is 955. The maximum absolute atomic E-state index is 13.7. The molecule has 3 saturated carbocycles. The van der Waals surface area contributed by atoms with Gasteiger partial charge in [-0.2, -0.15) is 0 Å². The summed E-state index contributed by atoms with van der Waals surface area (Å²) in [5.41, 5.74) is -1.50. The maximum Gasteiger partial charge on any atom is 0.509 e. The fourth-order valence-electron chi connectivity index (χ4n) is 8.20. The van der Waals surface area contributed by atoms with Crippen molar-refractivity contribution < 1.29 is 38.5 Å². The number of methoxy groups -OCH3 is 1. The van der Waals surface area contributed by atoms with Crippen molar-refractivity contribution >= 4 is 23.7 Å². The maximum atomic E-state index is 13.7. The van der Waals surface area contributed by atoms with Crippen LogP contribution in [-0.2, 0) is 28.6 Å². The van der Waals surface area contributed by atoms with Gasteiger partial charge in [-0.15, -0.1) is 0 Å². The van der Waals surface area contributed by atoms with Crippen LogP contribution in [0.25, 0.3) is 0 Å². The molecule has 0 amide bonds. The highest BCUT2D eigenvalue weighted by atomic mass is 16.7. The first-order valence-electron chi connectivity index (χ1n) is 13.4. The van der Waals surface area contributed by atoms with Gasteiger partial charge in [-0.05, 0) is 74.2 Å². The van der Waals surface area contributed by atoms with Crippen LogP contribution in [0, 0.1) is 28.6 Å². The van der Waals surface area contributed by atoms with Gasteiger partial charge in [0.2, 0.25) is 5.78 Å². The fourth-order valence-corrected chi connectivity index (χ4v) is 8.20. The van der Waals surface area contributed by atoms with E-state index in [1.807, 2.05) is 13.8 Å². The Hall–Kier alpha value is -2.22. The lowest BCUT2D eigenvalue weighted by Crippen LogP contribution is -2.63. The van der Waals surface area contributed by atoms with Gasteiger partial charge in [-0.3, -0.25) is 14.4 Å². The van der Waals surface area contributed by atoms with Crippen LogP contribution in [0.2, 0.25) is 0 Å². The van der Waals surface area contributed by atoms with Crippen molar-refractivity contribution in [1.29, 1.82) is 0 Å². The van der Waals surface area contributed by atoms with Crippen molar-refractivity contribution in [2.75, 3.05) is 13.7 Å². The van der Waals surface area contributed by atoms with Crippen molar-refractivity contribution in [3.63, 3.8) is 0 Å². The van der Waals surface area contributed by atoms with Gasteiger partial charge >= 0.3 is 12.1 Å². The van der Waals surface area contributed by atoms with Crippen LogP contribution < -0.4 is 0 Å². The zero-order chi connectivity index (χ0) is 26.3. The quantitative estimate of drug-likeness (QED) is 0.510. The second kappa shape index (κ2) is 9.92. The van der Waals surface area contributed by atoms with Crippen LogP contribution in [0.1, 0.15) is 85.0 Å². The van der Waals surface area contributed by atoms with E-state index in [2.05, 4.69) is 6.92 Å². The Morgan fingerprint density at radius 3 is 2.58 bits per heavy atom. The molecule has 4 rings (SSSR count). The number of rotatable bonds is 7. The smallest absolute Gasteiger partial charge is 0.457 e. The average Bonchev–Trinajstić information content (AvgIpc) is 3.13.